The lowest BCUT2D eigenvalue weighted by Crippen LogP contribution is -1.98. The zero-order valence-electron chi connectivity index (χ0n) is 20.6. The lowest BCUT2D eigenvalue weighted by Gasteiger charge is -2.09. The number of hydrogen-bond acceptors (Lipinski definition) is 6. The van der Waals surface area contributed by atoms with Crippen molar-refractivity contribution in [3.63, 3.8) is 0 Å². The van der Waals surface area contributed by atoms with Gasteiger partial charge in [0, 0.05) is 29.1 Å². The van der Waals surface area contributed by atoms with E-state index in [1.807, 2.05) is 31.3 Å². The quantitative estimate of drug-likeness (QED) is 0.278. The van der Waals surface area contributed by atoms with Crippen LogP contribution in [0.2, 0.25) is 0 Å². The van der Waals surface area contributed by atoms with Gasteiger partial charge in [0.2, 0.25) is 0 Å². The molecule has 3 rings (SSSR count). The third-order valence-electron chi connectivity index (χ3n) is 5.83. The number of nitrogens with zero attached hydrogens (tertiary/aromatic N) is 4. The molecule has 1 unspecified atom stereocenters. The minimum absolute atomic E-state index is 0.0195. The van der Waals surface area contributed by atoms with Crippen molar-refractivity contribution in [2.45, 2.75) is 47.0 Å². The number of halogens is 1. The maximum absolute atomic E-state index is 13.3. The lowest BCUT2D eigenvalue weighted by atomic mass is 10.0. The summed E-state index contributed by atoms with van der Waals surface area (Å²) in [6, 6.07) is 3.81. The molecule has 0 saturated carbocycles. The summed E-state index contributed by atoms with van der Waals surface area (Å²) in [6.07, 6.45) is 21.0. The van der Waals surface area contributed by atoms with E-state index in [0.717, 1.165) is 56.6 Å². The Kier molecular flexibility index (Phi) is 10.2. The van der Waals surface area contributed by atoms with Crippen LogP contribution in [0.25, 0.3) is 22.8 Å². The summed E-state index contributed by atoms with van der Waals surface area (Å²) in [5.74, 6) is 0.938. The van der Waals surface area contributed by atoms with Crippen LogP contribution in [0, 0.1) is 19.8 Å². The standard InChI is InChI=1S/C27H32FN5S2/c1-5-19(2)11-10-14-23-16-27(33(34)35-28)32-30-18-25(21(4)31-23)24-17-29-26(15-20(24)3)22-12-8-6-7-9-13-22/h6-8,10,12-19,32,34H,5,9,11H2,1-4H3/b14-10+,25-21?,27-16?,30-18?,31-23?. The van der Waals surface area contributed by atoms with Crippen LogP contribution in [0.3, 0.4) is 0 Å². The van der Waals surface area contributed by atoms with Crippen LogP contribution in [-0.4, -0.2) is 20.2 Å². The second-order valence-corrected chi connectivity index (χ2v) is 9.67. The van der Waals surface area contributed by atoms with E-state index in [0.29, 0.717) is 17.4 Å². The van der Waals surface area contributed by atoms with Crippen molar-refractivity contribution >= 4 is 42.6 Å². The first kappa shape index (κ1) is 26.8. The molecule has 1 atom stereocenters. The van der Waals surface area contributed by atoms with Crippen LogP contribution in [0.15, 0.2) is 61.0 Å². The number of aryl methyl sites for hydroxylation is 2. The minimum atomic E-state index is -0.0195. The highest BCUT2D eigenvalue weighted by Gasteiger charge is 2.11. The number of allylic oxidation sites excluding steroid dienone is 7. The van der Waals surface area contributed by atoms with Gasteiger partial charge >= 0.3 is 0 Å². The monoisotopic (exact) mass is 509 g/mol. The molecular formula is C27H32FN5S2. The fraction of sp³-hybridized carbons (Fsp3) is 0.296. The number of aromatic nitrogens is 4. The average molecular weight is 510 g/mol. The maximum Gasteiger partial charge on any atom is 0.177 e. The van der Waals surface area contributed by atoms with Crippen molar-refractivity contribution < 1.29 is 3.89 Å². The summed E-state index contributed by atoms with van der Waals surface area (Å²) in [4.78, 5) is 9.59. The molecule has 0 spiro atoms. The Hall–Kier alpha value is -2.84. The second-order valence-electron chi connectivity index (χ2n) is 8.50. The summed E-state index contributed by atoms with van der Waals surface area (Å²) >= 11 is 4.15. The number of anilines is 1. The maximum atomic E-state index is 13.3. The average Bonchev–Trinajstić information content (AvgIpc) is 3.11. The Morgan fingerprint density at radius 2 is 2.06 bits per heavy atom. The number of H-pyrrole nitrogens is 1. The molecule has 0 fully saturated rings. The largest absolute Gasteiger partial charge is 0.262 e. The molecule has 0 amide bonds. The third kappa shape index (κ3) is 7.57. The molecule has 2 aromatic heterocycles. The smallest absolute Gasteiger partial charge is 0.177 e. The Morgan fingerprint density at radius 1 is 1.23 bits per heavy atom. The number of hydrogen-bond donors (Lipinski definition) is 2. The van der Waals surface area contributed by atoms with E-state index in [4.69, 9.17) is 9.97 Å². The molecule has 0 bridgehead atoms. The Balaban J connectivity index is 2.09. The van der Waals surface area contributed by atoms with Gasteiger partial charge in [-0.15, -0.1) is 3.89 Å². The topological polar surface area (TPSA) is 57.7 Å². The SMILES string of the molecule is CCC(C)C/C=C/c1cc(N(S)SF)[nH]ncc(-c2cnc(C3=CCC=CC=C3)cc2C)c(C)n1. The van der Waals surface area contributed by atoms with Gasteiger partial charge in [-0.3, -0.25) is 15.1 Å². The van der Waals surface area contributed by atoms with Crippen molar-refractivity contribution in [1.82, 2.24) is 20.2 Å². The lowest BCUT2D eigenvalue weighted by molar-refractivity contribution is 0.573. The van der Waals surface area contributed by atoms with Gasteiger partial charge in [-0.25, -0.2) is 3.71 Å². The molecule has 5 nitrogen and oxygen atoms in total. The molecule has 2 heterocycles. The first-order valence-electron chi connectivity index (χ1n) is 11.7. The number of nitrogens with one attached hydrogen (secondary N) is 1. The molecule has 1 N–H and O–H groups in total. The molecule has 1 aliphatic carbocycles. The summed E-state index contributed by atoms with van der Waals surface area (Å²) in [6.45, 7) is 8.39. The third-order valence-corrected chi connectivity index (χ3v) is 6.56. The number of rotatable bonds is 8. The first-order chi connectivity index (χ1) is 16.9. The van der Waals surface area contributed by atoms with Gasteiger partial charge in [0.05, 0.1) is 17.6 Å². The van der Waals surface area contributed by atoms with E-state index in [2.05, 4.69) is 74.2 Å². The predicted octanol–water partition coefficient (Wildman–Crippen LogP) is 8.14. The molecule has 2 aromatic rings. The normalized spacial score (nSPS) is 13.9. The van der Waals surface area contributed by atoms with E-state index in [1.54, 1.807) is 12.3 Å². The van der Waals surface area contributed by atoms with E-state index < -0.39 is 0 Å². The van der Waals surface area contributed by atoms with E-state index in [-0.39, 0.29) is 12.3 Å². The molecular weight excluding hydrogens is 477 g/mol. The van der Waals surface area contributed by atoms with Crippen LogP contribution >= 0.6 is 25.1 Å². The van der Waals surface area contributed by atoms with Gasteiger partial charge in [0.25, 0.3) is 0 Å². The first-order valence-corrected chi connectivity index (χ1v) is 12.8. The van der Waals surface area contributed by atoms with Crippen molar-refractivity contribution in [2.75, 3.05) is 3.71 Å². The van der Waals surface area contributed by atoms with Crippen LogP contribution in [0.4, 0.5) is 9.70 Å². The number of thiol groups is 1. The fourth-order valence-corrected chi connectivity index (χ4v) is 3.82. The fourth-order valence-electron chi connectivity index (χ4n) is 3.55. The molecule has 35 heavy (non-hydrogen) atoms. The van der Waals surface area contributed by atoms with Gasteiger partial charge in [0.1, 0.15) is 5.82 Å². The van der Waals surface area contributed by atoms with Crippen molar-refractivity contribution in [3.8, 4) is 11.1 Å². The molecule has 0 aromatic carbocycles. The van der Waals surface area contributed by atoms with E-state index in [1.165, 1.54) is 0 Å². The van der Waals surface area contributed by atoms with Gasteiger partial charge in [-0.2, -0.15) is 5.10 Å². The summed E-state index contributed by atoms with van der Waals surface area (Å²) < 4.78 is 14.3. The van der Waals surface area contributed by atoms with Crippen LogP contribution in [-0.2, 0) is 0 Å². The Bertz CT molecular complexity index is 1200. The molecule has 0 aliphatic heterocycles. The molecule has 8 heteroatoms. The zero-order chi connectivity index (χ0) is 25.2. The molecule has 0 saturated heterocycles. The summed E-state index contributed by atoms with van der Waals surface area (Å²) in [5.41, 5.74) is 6.31. The predicted molar refractivity (Wildman–Crippen MR) is 151 cm³/mol. The van der Waals surface area contributed by atoms with Gasteiger partial charge in [-0.1, -0.05) is 69.5 Å². The minimum Gasteiger partial charge on any atom is -0.262 e. The highest BCUT2D eigenvalue weighted by Crippen LogP contribution is 2.28. The van der Waals surface area contributed by atoms with Gasteiger partial charge in [-0.05, 0) is 55.9 Å². The number of pyridine rings is 1. The second kappa shape index (κ2) is 13.3. The van der Waals surface area contributed by atoms with E-state index in [9.17, 15) is 3.89 Å². The van der Waals surface area contributed by atoms with Gasteiger partial charge in [0.15, 0.2) is 12.3 Å². The summed E-state index contributed by atoms with van der Waals surface area (Å²) in [7, 11) is 0. The molecule has 184 valence electrons. The highest BCUT2D eigenvalue weighted by molar-refractivity contribution is 8.08. The zero-order valence-corrected chi connectivity index (χ0v) is 22.3. The number of aromatic amines is 1. The van der Waals surface area contributed by atoms with E-state index >= 15 is 0 Å². The molecule has 1 aliphatic rings. The highest BCUT2D eigenvalue weighted by atomic mass is 32.2. The Morgan fingerprint density at radius 3 is 2.80 bits per heavy atom. The van der Waals surface area contributed by atoms with Crippen LogP contribution in [0.1, 0.15) is 55.8 Å². The van der Waals surface area contributed by atoms with Crippen molar-refractivity contribution in [1.29, 1.82) is 0 Å². The van der Waals surface area contributed by atoms with Gasteiger partial charge < -0.3 is 0 Å². The molecule has 0 radical (unpaired) electrons. The van der Waals surface area contributed by atoms with Crippen molar-refractivity contribution in [3.05, 3.63) is 83.6 Å². The summed E-state index contributed by atoms with van der Waals surface area (Å²) in [5, 5.41) is 7.23. The Labute approximate surface area is 217 Å². The van der Waals surface area contributed by atoms with Crippen molar-refractivity contribution in [2.24, 2.45) is 5.92 Å². The van der Waals surface area contributed by atoms with Crippen LogP contribution in [0.5, 0.6) is 0 Å². The van der Waals surface area contributed by atoms with Crippen LogP contribution < -0.4 is 3.71 Å².